The van der Waals surface area contributed by atoms with E-state index < -0.39 is 0 Å². The van der Waals surface area contributed by atoms with Crippen LogP contribution in [0.4, 0.5) is 5.69 Å². The Morgan fingerprint density at radius 2 is 1.52 bits per heavy atom. The molecule has 128 valence electrons. The van der Waals surface area contributed by atoms with Gasteiger partial charge >= 0.3 is 0 Å². The van der Waals surface area contributed by atoms with E-state index in [4.69, 9.17) is 16.3 Å². The van der Waals surface area contributed by atoms with Crippen molar-refractivity contribution in [2.75, 3.05) is 5.32 Å². The fraction of sp³-hybridized carbons (Fsp3) is 0.182. The molecule has 3 aromatic carbocycles. The molecule has 0 fully saturated rings. The van der Waals surface area contributed by atoms with Crippen molar-refractivity contribution >= 4 is 17.3 Å². The molecule has 3 rings (SSSR count). The molecule has 25 heavy (non-hydrogen) atoms. The molecule has 0 aliphatic rings. The molecule has 3 aromatic rings. The number of hydrogen-bond donors (Lipinski definition) is 1. The molecule has 3 heteroatoms. The van der Waals surface area contributed by atoms with Crippen LogP contribution in [0.25, 0.3) is 0 Å². The Balaban J connectivity index is 1.53. The first-order valence-corrected chi connectivity index (χ1v) is 8.75. The minimum atomic E-state index is 0.583. The first-order valence-electron chi connectivity index (χ1n) is 8.37. The van der Waals surface area contributed by atoms with Crippen LogP contribution < -0.4 is 10.1 Å². The van der Waals surface area contributed by atoms with Crippen LogP contribution >= 0.6 is 11.6 Å². The van der Waals surface area contributed by atoms with E-state index in [0.717, 1.165) is 28.6 Å². The maximum Gasteiger partial charge on any atom is 0.119 e. The van der Waals surface area contributed by atoms with Gasteiger partial charge in [0.25, 0.3) is 0 Å². The second-order valence-electron chi connectivity index (χ2n) is 6.24. The predicted octanol–water partition coefficient (Wildman–Crippen LogP) is 6.15. The molecule has 0 amide bonds. The normalized spacial score (nSPS) is 10.5. The fourth-order valence-corrected chi connectivity index (χ4v) is 2.64. The summed E-state index contributed by atoms with van der Waals surface area (Å²) >= 11 is 6.15. The summed E-state index contributed by atoms with van der Waals surface area (Å²) in [7, 11) is 0. The summed E-state index contributed by atoms with van der Waals surface area (Å²) in [5.41, 5.74) is 5.74. The number of rotatable bonds is 6. The third-order valence-corrected chi connectivity index (χ3v) is 4.53. The molecule has 0 heterocycles. The van der Waals surface area contributed by atoms with E-state index >= 15 is 0 Å². The highest BCUT2D eigenvalue weighted by molar-refractivity contribution is 6.31. The summed E-state index contributed by atoms with van der Waals surface area (Å²) in [5.74, 6) is 0.878. The average molecular weight is 352 g/mol. The highest BCUT2D eigenvalue weighted by atomic mass is 35.5. The largest absolute Gasteiger partial charge is 0.489 e. The third kappa shape index (κ3) is 5.01. The Kier molecular flexibility index (Phi) is 5.62. The van der Waals surface area contributed by atoms with Gasteiger partial charge in [-0.3, -0.25) is 0 Å². The standard InChI is InChI=1S/C22H22ClNO/c1-16-3-6-19(7-4-16)15-25-21-11-8-18(9-12-21)14-24-20-10-5-17(2)22(23)13-20/h3-13,24H,14-15H2,1-2H3. The summed E-state index contributed by atoms with van der Waals surface area (Å²) < 4.78 is 5.84. The molecule has 0 aliphatic carbocycles. The van der Waals surface area contributed by atoms with Gasteiger partial charge in [-0.25, -0.2) is 0 Å². The summed E-state index contributed by atoms with van der Waals surface area (Å²) in [6.45, 7) is 5.42. The third-order valence-electron chi connectivity index (χ3n) is 4.12. The lowest BCUT2D eigenvalue weighted by Crippen LogP contribution is -2.00. The van der Waals surface area contributed by atoms with E-state index in [1.54, 1.807) is 0 Å². The van der Waals surface area contributed by atoms with Gasteiger partial charge in [-0.2, -0.15) is 0 Å². The van der Waals surface area contributed by atoms with Crippen molar-refractivity contribution in [1.29, 1.82) is 0 Å². The van der Waals surface area contributed by atoms with Gasteiger partial charge in [0.05, 0.1) is 0 Å². The van der Waals surface area contributed by atoms with Gasteiger partial charge in [-0.1, -0.05) is 59.6 Å². The van der Waals surface area contributed by atoms with Crippen molar-refractivity contribution in [3.05, 3.63) is 94.0 Å². The Morgan fingerprint density at radius 1 is 0.840 bits per heavy atom. The number of aryl methyl sites for hydroxylation is 2. The topological polar surface area (TPSA) is 21.3 Å². The molecular weight excluding hydrogens is 330 g/mol. The molecule has 2 nitrogen and oxygen atoms in total. The quantitative estimate of drug-likeness (QED) is 0.575. The number of hydrogen-bond acceptors (Lipinski definition) is 2. The zero-order valence-corrected chi connectivity index (χ0v) is 15.3. The summed E-state index contributed by atoms with van der Waals surface area (Å²) in [6, 6.07) is 22.6. The SMILES string of the molecule is Cc1ccc(COc2ccc(CNc3ccc(C)c(Cl)c3)cc2)cc1. The fourth-order valence-electron chi connectivity index (χ4n) is 2.46. The predicted molar refractivity (Wildman–Crippen MR) is 105 cm³/mol. The number of benzene rings is 3. The maximum atomic E-state index is 6.15. The number of anilines is 1. The Hall–Kier alpha value is -2.45. The monoisotopic (exact) mass is 351 g/mol. The summed E-state index contributed by atoms with van der Waals surface area (Å²) in [5, 5.41) is 4.17. The molecule has 0 saturated carbocycles. The zero-order valence-electron chi connectivity index (χ0n) is 14.6. The first kappa shape index (κ1) is 17.4. The van der Waals surface area contributed by atoms with E-state index in [-0.39, 0.29) is 0 Å². The maximum absolute atomic E-state index is 6.15. The van der Waals surface area contributed by atoms with Crippen LogP contribution in [0.2, 0.25) is 5.02 Å². The first-order chi connectivity index (χ1) is 12.1. The molecular formula is C22H22ClNO. The zero-order chi connectivity index (χ0) is 17.6. The second-order valence-corrected chi connectivity index (χ2v) is 6.64. The lowest BCUT2D eigenvalue weighted by atomic mass is 10.1. The molecule has 0 aliphatic heterocycles. The van der Waals surface area contributed by atoms with Crippen LogP contribution in [0.5, 0.6) is 5.75 Å². The van der Waals surface area contributed by atoms with Crippen LogP contribution in [0.3, 0.4) is 0 Å². The van der Waals surface area contributed by atoms with E-state index in [1.807, 2.05) is 37.3 Å². The average Bonchev–Trinajstić information content (AvgIpc) is 2.63. The Morgan fingerprint density at radius 3 is 2.20 bits per heavy atom. The molecule has 1 N–H and O–H groups in total. The number of nitrogens with one attached hydrogen (secondary N) is 1. The Labute approximate surface area is 154 Å². The molecule has 0 unspecified atom stereocenters. The van der Waals surface area contributed by atoms with E-state index in [1.165, 1.54) is 16.7 Å². The van der Waals surface area contributed by atoms with Gasteiger partial charge in [-0.05, 0) is 54.8 Å². The lowest BCUT2D eigenvalue weighted by molar-refractivity contribution is 0.306. The van der Waals surface area contributed by atoms with Crippen LogP contribution in [-0.2, 0) is 13.2 Å². The minimum Gasteiger partial charge on any atom is -0.489 e. The summed E-state index contributed by atoms with van der Waals surface area (Å²) in [6.07, 6.45) is 0. The molecule has 0 radical (unpaired) electrons. The molecule has 0 saturated heterocycles. The van der Waals surface area contributed by atoms with Crippen molar-refractivity contribution in [3.8, 4) is 5.75 Å². The molecule has 0 aromatic heterocycles. The van der Waals surface area contributed by atoms with Crippen LogP contribution in [0.1, 0.15) is 22.3 Å². The molecule has 0 atom stereocenters. The van der Waals surface area contributed by atoms with Gasteiger partial charge in [0.2, 0.25) is 0 Å². The smallest absolute Gasteiger partial charge is 0.119 e. The van der Waals surface area contributed by atoms with Crippen LogP contribution in [0.15, 0.2) is 66.7 Å². The number of ether oxygens (including phenoxy) is 1. The highest BCUT2D eigenvalue weighted by Crippen LogP contribution is 2.21. The van der Waals surface area contributed by atoms with Crippen LogP contribution in [0, 0.1) is 13.8 Å². The van der Waals surface area contributed by atoms with Crippen LogP contribution in [-0.4, -0.2) is 0 Å². The number of halogens is 1. The van der Waals surface area contributed by atoms with Crippen molar-refractivity contribution < 1.29 is 4.74 Å². The van der Waals surface area contributed by atoms with Gasteiger partial charge in [-0.15, -0.1) is 0 Å². The van der Waals surface area contributed by atoms with E-state index in [9.17, 15) is 0 Å². The van der Waals surface area contributed by atoms with Gasteiger partial charge in [0.1, 0.15) is 12.4 Å². The molecule has 0 bridgehead atoms. The highest BCUT2D eigenvalue weighted by Gasteiger charge is 2.00. The van der Waals surface area contributed by atoms with Crippen molar-refractivity contribution in [1.82, 2.24) is 0 Å². The van der Waals surface area contributed by atoms with Gasteiger partial charge < -0.3 is 10.1 Å². The van der Waals surface area contributed by atoms with Crippen molar-refractivity contribution in [3.63, 3.8) is 0 Å². The molecule has 0 spiro atoms. The van der Waals surface area contributed by atoms with Crippen molar-refractivity contribution in [2.45, 2.75) is 27.0 Å². The van der Waals surface area contributed by atoms with E-state index in [2.05, 4.69) is 48.6 Å². The van der Waals surface area contributed by atoms with E-state index in [0.29, 0.717) is 6.61 Å². The minimum absolute atomic E-state index is 0.583. The van der Waals surface area contributed by atoms with Gasteiger partial charge in [0.15, 0.2) is 0 Å². The second kappa shape index (κ2) is 8.09. The Bertz CT molecular complexity index is 826. The van der Waals surface area contributed by atoms with Gasteiger partial charge in [0, 0.05) is 17.3 Å². The lowest BCUT2D eigenvalue weighted by Gasteiger charge is -2.10. The summed E-state index contributed by atoms with van der Waals surface area (Å²) in [4.78, 5) is 0. The van der Waals surface area contributed by atoms with Crippen molar-refractivity contribution in [2.24, 2.45) is 0 Å².